The van der Waals surface area contributed by atoms with Crippen LogP contribution in [0.25, 0.3) is 0 Å². The molecule has 2 heterocycles. The van der Waals surface area contributed by atoms with Gasteiger partial charge in [0, 0.05) is 23.3 Å². The van der Waals surface area contributed by atoms with Crippen molar-refractivity contribution < 1.29 is 4.42 Å². The average Bonchev–Trinajstić information content (AvgIpc) is 2.83. The van der Waals surface area contributed by atoms with Crippen molar-refractivity contribution in [2.45, 2.75) is 67.1 Å². The third kappa shape index (κ3) is 3.76. The summed E-state index contributed by atoms with van der Waals surface area (Å²) in [6.07, 6.45) is 0. The number of hydrogen-bond acceptors (Lipinski definition) is 3. The number of hydrogen-bond donors (Lipinski definition) is 1. The normalized spacial score (nSPS) is 12.1. The number of nitrogens with one attached hydrogen (secondary N) is 1. The minimum Gasteiger partial charge on any atom is -0.464 e. The SMILES string of the molecule is Cc1nn(Cc2cc(CNC(C)(C)C)c(C)o2)c(C)c1C. The Labute approximate surface area is 127 Å². The summed E-state index contributed by atoms with van der Waals surface area (Å²) >= 11 is 0. The summed E-state index contributed by atoms with van der Waals surface area (Å²) in [7, 11) is 0. The van der Waals surface area contributed by atoms with E-state index in [0.29, 0.717) is 6.54 Å². The fourth-order valence-electron chi connectivity index (χ4n) is 2.29. The minimum absolute atomic E-state index is 0.108. The molecule has 2 aromatic heterocycles. The van der Waals surface area contributed by atoms with Crippen molar-refractivity contribution in [2.75, 3.05) is 0 Å². The zero-order valence-corrected chi connectivity index (χ0v) is 14.3. The quantitative estimate of drug-likeness (QED) is 0.934. The van der Waals surface area contributed by atoms with Gasteiger partial charge in [-0.3, -0.25) is 4.68 Å². The van der Waals surface area contributed by atoms with Crippen LogP contribution in [0.4, 0.5) is 0 Å². The predicted molar refractivity (Wildman–Crippen MR) is 85.6 cm³/mol. The summed E-state index contributed by atoms with van der Waals surface area (Å²) in [5.41, 5.74) is 4.88. The van der Waals surface area contributed by atoms with E-state index in [1.54, 1.807) is 0 Å². The second-order valence-electron chi connectivity index (χ2n) is 6.85. The maximum Gasteiger partial charge on any atom is 0.125 e. The van der Waals surface area contributed by atoms with E-state index in [0.717, 1.165) is 23.8 Å². The Morgan fingerprint density at radius 2 is 1.86 bits per heavy atom. The van der Waals surface area contributed by atoms with Gasteiger partial charge in [-0.1, -0.05) is 0 Å². The third-order valence-corrected chi connectivity index (χ3v) is 3.93. The van der Waals surface area contributed by atoms with Gasteiger partial charge >= 0.3 is 0 Å². The first kappa shape index (κ1) is 15.8. The number of rotatable bonds is 4. The molecule has 0 fully saturated rings. The van der Waals surface area contributed by atoms with Crippen molar-refractivity contribution in [1.29, 1.82) is 0 Å². The molecule has 4 heteroatoms. The molecule has 0 aliphatic rings. The van der Waals surface area contributed by atoms with E-state index >= 15 is 0 Å². The Morgan fingerprint density at radius 1 is 1.19 bits per heavy atom. The van der Waals surface area contributed by atoms with Crippen molar-refractivity contribution in [2.24, 2.45) is 0 Å². The Bertz CT molecular complexity index is 629. The molecule has 2 aromatic rings. The van der Waals surface area contributed by atoms with Crippen LogP contribution in [0.15, 0.2) is 10.5 Å². The highest BCUT2D eigenvalue weighted by molar-refractivity contribution is 5.24. The first-order valence-corrected chi connectivity index (χ1v) is 7.51. The van der Waals surface area contributed by atoms with Crippen LogP contribution in [-0.2, 0) is 13.1 Å². The van der Waals surface area contributed by atoms with Gasteiger partial charge in [-0.25, -0.2) is 0 Å². The van der Waals surface area contributed by atoms with Gasteiger partial charge in [0.25, 0.3) is 0 Å². The molecule has 0 radical (unpaired) electrons. The van der Waals surface area contributed by atoms with Gasteiger partial charge in [-0.2, -0.15) is 5.10 Å². The highest BCUT2D eigenvalue weighted by Crippen LogP contribution is 2.18. The molecule has 0 saturated heterocycles. The molecule has 0 amide bonds. The lowest BCUT2D eigenvalue weighted by Crippen LogP contribution is -2.35. The largest absolute Gasteiger partial charge is 0.464 e. The van der Waals surface area contributed by atoms with Crippen molar-refractivity contribution in [3.8, 4) is 0 Å². The Morgan fingerprint density at radius 3 is 2.38 bits per heavy atom. The molecule has 0 aliphatic carbocycles. The van der Waals surface area contributed by atoms with Crippen molar-refractivity contribution in [1.82, 2.24) is 15.1 Å². The Kier molecular flexibility index (Phi) is 4.28. The number of aryl methyl sites for hydroxylation is 2. The van der Waals surface area contributed by atoms with Crippen LogP contribution in [-0.4, -0.2) is 15.3 Å². The zero-order valence-electron chi connectivity index (χ0n) is 14.3. The topological polar surface area (TPSA) is 43.0 Å². The van der Waals surface area contributed by atoms with E-state index in [-0.39, 0.29) is 5.54 Å². The number of nitrogens with zero attached hydrogens (tertiary/aromatic N) is 2. The molecule has 116 valence electrons. The van der Waals surface area contributed by atoms with E-state index < -0.39 is 0 Å². The summed E-state index contributed by atoms with van der Waals surface area (Å²) < 4.78 is 7.90. The molecule has 21 heavy (non-hydrogen) atoms. The summed E-state index contributed by atoms with van der Waals surface area (Å²) in [4.78, 5) is 0. The molecule has 4 nitrogen and oxygen atoms in total. The van der Waals surface area contributed by atoms with Crippen molar-refractivity contribution in [3.05, 3.63) is 40.1 Å². The monoisotopic (exact) mass is 289 g/mol. The molecule has 1 N–H and O–H groups in total. The van der Waals surface area contributed by atoms with E-state index in [4.69, 9.17) is 4.42 Å². The Balaban J connectivity index is 2.13. The maximum absolute atomic E-state index is 5.89. The Hall–Kier alpha value is -1.55. The molecule has 2 rings (SSSR count). The zero-order chi connectivity index (χ0) is 15.8. The fraction of sp³-hybridized carbons (Fsp3) is 0.588. The van der Waals surface area contributed by atoms with Crippen LogP contribution in [0.2, 0.25) is 0 Å². The minimum atomic E-state index is 0.108. The standard InChI is InChI=1S/C17H27N3O/c1-11-12(2)19-20(13(11)3)10-16-8-15(14(4)21-16)9-18-17(5,6)7/h8,18H,9-10H2,1-7H3. The summed E-state index contributed by atoms with van der Waals surface area (Å²) in [6, 6.07) is 2.14. The lowest BCUT2D eigenvalue weighted by atomic mass is 10.1. The molecule has 0 atom stereocenters. The van der Waals surface area contributed by atoms with Gasteiger partial charge in [0.1, 0.15) is 11.5 Å². The van der Waals surface area contributed by atoms with Crippen LogP contribution in [0.3, 0.4) is 0 Å². The summed E-state index contributed by atoms with van der Waals surface area (Å²) in [5, 5.41) is 8.07. The van der Waals surface area contributed by atoms with E-state index in [1.165, 1.54) is 16.8 Å². The number of furan rings is 1. The first-order chi connectivity index (χ1) is 9.67. The van der Waals surface area contributed by atoms with E-state index in [9.17, 15) is 0 Å². The van der Waals surface area contributed by atoms with Crippen LogP contribution < -0.4 is 5.32 Å². The highest BCUT2D eigenvalue weighted by Gasteiger charge is 2.14. The molecule has 0 bridgehead atoms. The first-order valence-electron chi connectivity index (χ1n) is 7.51. The predicted octanol–water partition coefficient (Wildman–Crippen LogP) is 3.65. The van der Waals surface area contributed by atoms with Gasteiger partial charge in [0.15, 0.2) is 0 Å². The molecule has 0 spiro atoms. The van der Waals surface area contributed by atoms with Gasteiger partial charge in [0.05, 0.1) is 12.2 Å². The fourth-order valence-corrected chi connectivity index (χ4v) is 2.29. The van der Waals surface area contributed by atoms with E-state index in [1.807, 2.05) is 18.5 Å². The molecule has 0 aromatic carbocycles. The second-order valence-corrected chi connectivity index (χ2v) is 6.85. The third-order valence-electron chi connectivity index (χ3n) is 3.93. The smallest absolute Gasteiger partial charge is 0.125 e. The van der Waals surface area contributed by atoms with Crippen LogP contribution in [0.5, 0.6) is 0 Å². The molecule has 0 saturated carbocycles. The van der Waals surface area contributed by atoms with Crippen LogP contribution in [0, 0.1) is 27.7 Å². The van der Waals surface area contributed by atoms with Crippen LogP contribution >= 0.6 is 0 Å². The lowest BCUT2D eigenvalue weighted by Gasteiger charge is -2.20. The van der Waals surface area contributed by atoms with Gasteiger partial charge in [-0.05, 0) is 60.1 Å². The summed E-state index contributed by atoms with van der Waals surface area (Å²) in [5.74, 6) is 1.95. The van der Waals surface area contributed by atoms with Crippen molar-refractivity contribution >= 4 is 0 Å². The van der Waals surface area contributed by atoms with E-state index in [2.05, 4.69) is 51.1 Å². The van der Waals surface area contributed by atoms with Crippen molar-refractivity contribution in [3.63, 3.8) is 0 Å². The van der Waals surface area contributed by atoms with Gasteiger partial charge in [-0.15, -0.1) is 0 Å². The van der Waals surface area contributed by atoms with Gasteiger partial charge < -0.3 is 9.73 Å². The average molecular weight is 289 g/mol. The van der Waals surface area contributed by atoms with Gasteiger partial charge in [0.2, 0.25) is 0 Å². The number of aromatic nitrogens is 2. The maximum atomic E-state index is 5.89. The summed E-state index contributed by atoms with van der Waals surface area (Å²) in [6.45, 7) is 16.3. The molecule has 0 unspecified atom stereocenters. The highest BCUT2D eigenvalue weighted by atomic mass is 16.3. The molecular formula is C17H27N3O. The lowest BCUT2D eigenvalue weighted by molar-refractivity contribution is 0.418. The van der Waals surface area contributed by atoms with Crippen LogP contribution in [0.1, 0.15) is 54.8 Å². The second kappa shape index (κ2) is 5.68. The molecule has 0 aliphatic heterocycles. The molecular weight excluding hydrogens is 262 g/mol.